The second-order valence-electron chi connectivity index (χ2n) is 6.88. The van der Waals surface area contributed by atoms with Gasteiger partial charge in [-0.05, 0) is 30.1 Å². The van der Waals surface area contributed by atoms with Gasteiger partial charge in [0.2, 0.25) is 0 Å². The van der Waals surface area contributed by atoms with Crippen LogP contribution in [0.5, 0.6) is 0 Å². The van der Waals surface area contributed by atoms with E-state index in [0.717, 1.165) is 18.8 Å². The summed E-state index contributed by atoms with van der Waals surface area (Å²) >= 11 is 0. The topological polar surface area (TPSA) is 0 Å². The first-order chi connectivity index (χ1) is 9.34. The summed E-state index contributed by atoms with van der Waals surface area (Å²) in [7, 11) is 0. The fraction of sp³-hybridized carbons (Fsp3) is 1.00. The van der Waals surface area contributed by atoms with Gasteiger partial charge < -0.3 is 0 Å². The maximum absolute atomic E-state index is 13.9. The van der Waals surface area contributed by atoms with E-state index in [9.17, 15) is 8.78 Å². The van der Waals surface area contributed by atoms with Crippen molar-refractivity contribution >= 4 is 0 Å². The standard InChI is InChI=1S/C18H36F2/c1-7-9-10-13(3)14(4)11-12-15(5)16(6)18(20)17(19)8-2/h13-18H,7-12H2,1-6H3. The molecule has 0 nitrogen and oxygen atoms in total. The maximum atomic E-state index is 13.9. The van der Waals surface area contributed by atoms with Crippen LogP contribution in [0.1, 0.15) is 80.1 Å². The van der Waals surface area contributed by atoms with Crippen molar-refractivity contribution in [3.05, 3.63) is 0 Å². The minimum Gasteiger partial charge on any atom is -0.244 e. The Morgan fingerprint density at radius 2 is 1.25 bits per heavy atom. The number of alkyl halides is 2. The Morgan fingerprint density at radius 3 is 1.75 bits per heavy atom. The molecule has 0 spiro atoms. The Labute approximate surface area is 125 Å². The average Bonchev–Trinajstić information content (AvgIpc) is 2.46. The third kappa shape index (κ3) is 7.04. The van der Waals surface area contributed by atoms with Crippen LogP contribution in [-0.2, 0) is 0 Å². The Morgan fingerprint density at radius 1 is 0.750 bits per heavy atom. The molecule has 0 aliphatic heterocycles. The van der Waals surface area contributed by atoms with Gasteiger partial charge in [-0.1, -0.05) is 73.6 Å². The van der Waals surface area contributed by atoms with Crippen LogP contribution in [0, 0.1) is 23.7 Å². The summed E-state index contributed by atoms with van der Waals surface area (Å²) in [4.78, 5) is 0. The molecule has 0 aliphatic rings. The van der Waals surface area contributed by atoms with Gasteiger partial charge in [0, 0.05) is 0 Å². The average molecular weight is 290 g/mol. The Hall–Kier alpha value is -0.140. The Bertz CT molecular complexity index is 229. The molecule has 0 saturated heterocycles. The van der Waals surface area contributed by atoms with Gasteiger partial charge in [0.05, 0.1) is 0 Å². The third-order valence-electron chi connectivity index (χ3n) is 5.20. The minimum absolute atomic E-state index is 0.178. The second-order valence-corrected chi connectivity index (χ2v) is 6.88. The van der Waals surface area contributed by atoms with E-state index in [-0.39, 0.29) is 18.3 Å². The number of rotatable bonds is 11. The second kappa shape index (κ2) is 10.6. The van der Waals surface area contributed by atoms with Crippen LogP contribution in [0.15, 0.2) is 0 Å². The molecule has 6 unspecified atom stereocenters. The minimum atomic E-state index is -1.30. The molecule has 20 heavy (non-hydrogen) atoms. The summed E-state index contributed by atoms with van der Waals surface area (Å²) in [6.45, 7) is 12.5. The van der Waals surface area contributed by atoms with E-state index in [2.05, 4.69) is 27.7 Å². The summed E-state index contributed by atoms with van der Waals surface area (Å²) in [6, 6.07) is 0. The molecule has 0 fully saturated rings. The predicted molar refractivity (Wildman–Crippen MR) is 85.5 cm³/mol. The first-order valence-corrected chi connectivity index (χ1v) is 8.63. The number of hydrogen-bond donors (Lipinski definition) is 0. The molecule has 0 aromatic rings. The van der Waals surface area contributed by atoms with Crippen molar-refractivity contribution in [2.45, 2.75) is 92.4 Å². The van der Waals surface area contributed by atoms with Gasteiger partial charge in [-0.25, -0.2) is 8.78 Å². The third-order valence-corrected chi connectivity index (χ3v) is 5.20. The van der Waals surface area contributed by atoms with Crippen LogP contribution in [0.25, 0.3) is 0 Å². The van der Waals surface area contributed by atoms with Crippen LogP contribution in [0.4, 0.5) is 8.78 Å². The van der Waals surface area contributed by atoms with Gasteiger partial charge >= 0.3 is 0 Å². The van der Waals surface area contributed by atoms with E-state index in [1.165, 1.54) is 19.3 Å². The Balaban J connectivity index is 4.10. The smallest absolute Gasteiger partial charge is 0.134 e. The Kier molecular flexibility index (Phi) is 10.5. The maximum Gasteiger partial charge on any atom is 0.134 e. The van der Waals surface area contributed by atoms with Crippen molar-refractivity contribution in [3.8, 4) is 0 Å². The lowest BCUT2D eigenvalue weighted by atomic mass is 9.81. The van der Waals surface area contributed by atoms with Gasteiger partial charge in [0.15, 0.2) is 0 Å². The SMILES string of the molecule is CCCCC(C)C(C)CCC(C)C(C)C(F)C(F)CC. The van der Waals surface area contributed by atoms with Gasteiger partial charge in [0.25, 0.3) is 0 Å². The molecule has 0 rings (SSSR count). The van der Waals surface area contributed by atoms with Crippen molar-refractivity contribution < 1.29 is 8.78 Å². The number of unbranched alkanes of at least 4 members (excludes halogenated alkanes) is 1. The van der Waals surface area contributed by atoms with E-state index >= 15 is 0 Å². The molecule has 0 N–H and O–H groups in total. The van der Waals surface area contributed by atoms with Crippen LogP contribution in [-0.4, -0.2) is 12.3 Å². The molecule has 0 aliphatic carbocycles. The number of halogens is 2. The highest BCUT2D eigenvalue weighted by molar-refractivity contribution is 4.77. The van der Waals surface area contributed by atoms with Gasteiger partial charge in [-0.3, -0.25) is 0 Å². The lowest BCUT2D eigenvalue weighted by Crippen LogP contribution is -2.29. The normalized spacial score (nSPS) is 21.0. The van der Waals surface area contributed by atoms with Crippen LogP contribution in [0.2, 0.25) is 0 Å². The molecule has 0 radical (unpaired) electrons. The molecular weight excluding hydrogens is 254 g/mol. The molecule has 0 bridgehead atoms. The summed E-state index contributed by atoms with van der Waals surface area (Å²) < 4.78 is 27.3. The summed E-state index contributed by atoms with van der Waals surface area (Å²) in [5.41, 5.74) is 0. The summed E-state index contributed by atoms with van der Waals surface area (Å²) in [5.74, 6) is 1.50. The number of hydrogen-bond acceptors (Lipinski definition) is 0. The van der Waals surface area contributed by atoms with E-state index in [0.29, 0.717) is 5.92 Å². The highest BCUT2D eigenvalue weighted by Gasteiger charge is 2.29. The van der Waals surface area contributed by atoms with Gasteiger partial charge in [-0.2, -0.15) is 0 Å². The molecule has 0 heterocycles. The van der Waals surface area contributed by atoms with E-state index < -0.39 is 12.3 Å². The molecule has 122 valence electrons. The van der Waals surface area contributed by atoms with Crippen molar-refractivity contribution in [2.75, 3.05) is 0 Å². The van der Waals surface area contributed by atoms with Crippen molar-refractivity contribution in [3.63, 3.8) is 0 Å². The first kappa shape index (κ1) is 19.9. The molecule has 2 heteroatoms. The highest BCUT2D eigenvalue weighted by Crippen LogP contribution is 2.30. The van der Waals surface area contributed by atoms with E-state index in [4.69, 9.17) is 0 Å². The van der Waals surface area contributed by atoms with Gasteiger partial charge in [0.1, 0.15) is 12.3 Å². The fourth-order valence-corrected chi connectivity index (χ4v) is 2.75. The summed E-state index contributed by atoms with van der Waals surface area (Å²) in [5, 5.41) is 0. The van der Waals surface area contributed by atoms with Crippen molar-refractivity contribution in [2.24, 2.45) is 23.7 Å². The van der Waals surface area contributed by atoms with E-state index in [1.54, 1.807) is 6.92 Å². The van der Waals surface area contributed by atoms with Crippen LogP contribution in [0.3, 0.4) is 0 Å². The molecule has 0 aromatic carbocycles. The monoisotopic (exact) mass is 290 g/mol. The molecule has 0 amide bonds. The molecule has 0 aromatic heterocycles. The van der Waals surface area contributed by atoms with E-state index in [1.807, 2.05) is 6.92 Å². The zero-order chi connectivity index (χ0) is 15.7. The fourth-order valence-electron chi connectivity index (χ4n) is 2.75. The summed E-state index contributed by atoms with van der Waals surface area (Å²) in [6.07, 6.45) is 3.66. The molecule has 6 atom stereocenters. The largest absolute Gasteiger partial charge is 0.244 e. The zero-order valence-corrected chi connectivity index (χ0v) is 14.5. The lowest BCUT2D eigenvalue weighted by molar-refractivity contribution is 0.0832. The van der Waals surface area contributed by atoms with Gasteiger partial charge in [-0.15, -0.1) is 0 Å². The lowest BCUT2D eigenvalue weighted by Gasteiger charge is -2.27. The quantitative estimate of drug-likeness (QED) is 0.403. The van der Waals surface area contributed by atoms with Crippen molar-refractivity contribution in [1.29, 1.82) is 0 Å². The van der Waals surface area contributed by atoms with Crippen LogP contribution < -0.4 is 0 Å². The predicted octanol–water partition coefficient (Wildman–Crippen LogP) is 6.59. The highest BCUT2D eigenvalue weighted by atomic mass is 19.2. The van der Waals surface area contributed by atoms with Crippen LogP contribution >= 0.6 is 0 Å². The first-order valence-electron chi connectivity index (χ1n) is 8.63. The van der Waals surface area contributed by atoms with Crippen molar-refractivity contribution in [1.82, 2.24) is 0 Å². The molecule has 0 saturated carbocycles. The zero-order valence-electron chi connectivity index (χ0n) is 14.5. The molecular formula is C18H36F2.